The Morgan fingerprint density at radius 2 is 1.33 bits per heavy atom. The normalized spacial score (nSPS) is 16.2. The van der Waals surface area contributed by atoms with Crippen LogP contribution in [0.3, 0.4) is 0 Å². The van der Waals surface area contributed by atoms with Crippen LogP contribution < -0.4 is 21.1 Å². The standard InChI is InChI=1S/C31H40N4O10/c32-23-5-1-2-7-26(23)45-21-20-44-19-18-43-17-16-42-15-14-41-13-12-40-11-10-33-24-6-3-4-22-28(24)31(39)35(30(22)38)25-8-9-27(36)34-29(25)37/h1-7,25,33H,8-21,32H2,(H,34,36,37). The number of imide groups is 2. The molecule has 45 heavy (non-hydrogen) atoms. The van der Waals surface area contributed by atoms with Gasteiger partial charge in [-0.15, -0.1) is 0 Å². The van der Waals surface area contributed by atoms with Gasteiger partial charge in [0.2, 0.25) is 11.8 Å². The second-order valence-corrected chi connectivity index (χ2v) is 10.1. The van der Waals surface area contributed by atoms with E-state index in [4.69, 9.17) is 34.2 Å². The van der Waals surface area contributed by atoms with E-state index in [1.54, 1.807) is 24.3 Å². The summed E-state index contributed by atoms with van der Waals surface area (Å²) in [6.45, 7) is 5.04. The van der Waals surface area contributed by atoms with E-state index in [0.717, 1.165) is 4.90 Å². The molecule has 4 N–H and O–H groups in total. The van der Waals surface area contributed by atoms with Crippen molar-refractivity contribution in [2.24, 2.45) is 0 Å². The van der Waals surface area contributed by atoms with Gasteiger partial charge < -0.3 is 39.5 Å². The third-order valence-corrected chi connectivity index (χ3v) is 6.92. The lowest BCUT2D eigenvalue weighted by molar-refractivity contribution is -0.136. The minimum Gasteiger partial charge on any atom is -0.489 e. The van der Waals surface area contributed by atoms with Crippen LogP contribution in [0.15, 0.2) is 42.5 Å². The minimum absolute atomic E-state index is 0.0688. The highest BCUT2D eigenvalue weighted by atomic mass is 16.6. The molecule has 0 saturated carbocycles. The van der Waals surface area contributed by atoms with E-state index in [9.17, 15) is 19.2 Å². The summed E-state index contributed by atoms with van der Waals surface area (Å²) in [7, 11) is 0. The fourth-order valence-electron chi connectivity index (χ4n) is 4.72. The van der Waals surface area contributed by atoms with Gasteiger partial charge in [0.05, 0.1) is 82.9 Å². The fourth-order valence-corrected chi connectivity index (χ4v) is 4.72. The topological polar surface area (TPSA) is 177 Å². The van der Waals surface area contributed by atoms with E-state index in [1.807, 2.05) is 18.2 Å². The first kappa shape index (κ1) is 33.8. The number of piperidine rings is 1. The molecule has 1 atom stereocenters. The number of benzene rings is 2. The highest BCUT2D eigenvalue weighted by Gasteiger charge is 2.45. The van der Waals surface area contributed by atoms with Crippen LogP contribution in [0.25, 0.3) is 0 Å². The number of hydrogen-bond acceptors (Lipinski definition) is 12. The van der Waals surface area contributed by atoms with Crippen molar-refractivity contribution in [1.82, 2.24) is 10.2 Å². The zero-order chi connectivity index (χ0) is 31.9. The zero-order valence-electron chi connectivity index (χ0n) is 25.1. The molecule has 0 spiro atoms. The van der Waals surface area contributed by atoms with E-state index in [-0.39, 0.29) is 24.0 Å². The molecule has 0 radical (unpaired) electrons. The van der Waals surface area contributed by atoms with Gasteiger partial charge in [-0.2, -0.15) is 0 Å². The van der Waals surface area contributed by atoms with Gasteiger partial charge in [-0.1, -0.05) is 18.2 Å². The summed E-state index contributed by atoms with van der Waals surface area (Å²) in [4.78, 5) is 50.7. The third kappa shape index (κ3) is 9.96. The van der Waals surface area contributed by atoms with E-state index < -0.39 is 29.7 Å². The van der Waals surface area contributed by atoms with Gasteiger partial charge in [-0.25, -0.2) is 0 Å². The molecule has 14 heteroatoms. The number of carbonyl (C=O) groups is 4. The predicted octanol–water partition coefficient (Wildman–Crippen LogP) is 1.24. The van der Waals surface area contributed by atoms with Crippen LogP contribution in [-0.4, -0.2) is 114 Å². The summed E-state index contributed by atoms with van der Waals surface area (Å²) < 4.78 is 33.0. The first-order chi connectivity index (χ1) is 22.0. The number of rotatable bonds is 21. The Morgan fingerprint density at radius 3 is 1.96 bits per heavy atom. The molecule has 2 aliphatic rings. The lowest BCUT2D eigenvalue weighted by Crippen LogP contribution is -2.54. The first-order valence-electron chi connectivity index (χ1n) is 14.9. The average molecular weight is 629 g/mol. The molecule has 2 aromatic carbocycles. The van der Waals surface area contributed by atoms with Crippen LogP contribution in [0.4, 0.5) is 11.4 Å². The minimum atomic E-state index is -1.01. The monoisotopic (exact) mass is 628 g/mol. The maximum atomic E-state index is 13.1. The molecule has 0 aliphatic carbocycles. The van der Waals surface area contributed by atoms with Crippen molar-refractivity contribution in [3.05, 3.63) is 53.6 Å². The number of anilines is 2. The molecular formula is C31H40N4O10. The number of nitrogen functional groups attached to an aromatic ring is 1. The van der Waals surface area contributed by atoms with Crippen molar-refractivity contribution in [2.45, 2.75) is 18.9 Å². The van der Waals surface area contributed by atoms with E-state index in [1.165, 1.54) is 0 Å². The van der Waals surface area contributed by atoms with E-state index >= 15 is 0 Å². The number of ether oxygens (including phenoxy) is 6. The van der Waals surface area contributed by atoms with E-state index in [0.29, 0.717) is 96.3 Å². The molecule has 14 nitrogen and oxygen atoms in total. The van der Waals surface area contributed by atoms with Gasteiger partial charge in [0, 0.05) is 18.7 Å². The summed E-state index contributed by atoms with van der Waals surface area (Å²) >= 11 is 0. The second kappa shape index (κ2) is 18.0. The van der Waals surface area contributed by atoms with Gasteiger partial charge in [0.25, 0.3) is 11.8 Å². The van der Waals surface area contributed by atoms with Crippen molar-refractivity contribution < 1.29 is 47.6 Å². The van der Waals surface area contributed by atoms with Crippen LogP contribution >= 0.6 is 0 Å². The highest BCUT2D eigenvalue weighted by Crippen LogP contribution is 2.32. The number of para-hydroxylation sites is 2. The number of nitrogens with zero attached hydrogens (tertiary/aromatic N) is 1. The summed E-state index contributed by atoms with van der Waals surface area (Å²) in [6, 6.07) is 11.2. The maximum Gasteiger partial charge on any atom is 0.264 e. The van der Waals surface area contributed by atoms with Crippen molar-refractivity contribution in [3.63, 3.8) is 0 Å². The molecule has 1 saturated heterocycles. The number of fused-ring (bicyclic) bond motifs is 1. The second-order valence-electron chi connectivity index (χ2n) is 10.1. The fraction of sp³-hybridized carbons (Fsp3) is 0.484. The molecule has 0 aromatic heterocycles. The Balaban J connectivity index is 0.965. The quantitative estimate of drug-likeness (QED) is 0.103. The Bertz CT molecular complexity index is 1310. The molecule has 1 unspecified atom stereocenters. The molecule has 244 valence electrons. The number of hydrogen-bond donors (Lipinski definition) is 3. The lowest BCUT2D eigenvalue weighted by Gasteiger charge is -2.27. The maximum absolute atomic E-state index is 13.1. The predicted molar refractivity (Wildman–Crippen MR) is 162 cm³/mol. The molecule has 4 amide bonds. The Kier molecular flexibility index (Phi) is 13.5. The van der Waals surface area contributed by atoms with Crippen molar-refractivity contribution in [2.75, 3.05) is 90.3 Å². The lowest BCUT2D eigenvalue weighted by atomic mass is 10.0. The third-order valence-electron chi connectivity index (χ3n) is 6.92. The van der Waals surface area contributed by atoms with Crippen molar-refractivity contribution >= 4 is 35.0 Å². The molecule has 0 bridgehead atoms. The summed E-state index contributed by atoms with van der Waals surface area (Å²) in [5.41, 5.74) is 7.33. The molecule has 2 aromatic rings. The average Bonchev–Trinajstić information content (AvgIpc) is 3.28. The first-order valence-corrected chi connectivity index (χ1v) is 14.9. The highest BCUT2D eigenvalue weighted by molar-refractivity contribution is 6.25. The molecule has 2 heterocycles. The largest absolute Gasteiger partial charge is 0.489 e. The van der Waals surface area contributed by atoms with Gasteiger partial charge in [0.15, 0.2) is 0 Å². The van der Waals surface area contributed by atoms with Crippen LogP contribution in [0.1, 0.15) is 33.6 Å². The van der Waals surface area contributed by atoms with Gasteiger partial charge in [-0.05, 0) is 30.7 Å². The van der Waals surface area contributed by atoms with Gasteiger partial charge in [0.1, 0.15) is 18.4 Å². The number of amides is 4. The van der Waals surface area contributed by atoms with Crippen molar-refractivity contribution in [1.29, 1.82) is 0 Å². The van der Waals surface area contributed by atoms with Crippen LogP contribution in [0.2, 0.25) is 0 Å². The number of carbonyl (C=O) groups excluding carboxylic acids is 4. The van der Waals surface area contributed by atoms with Crippen molar-refractivity contribution in [3.8, 4) is 5.75 Å². The summed E-state index contributed by atoms with van der Waals surface area (Å²) in [6.07, 6.45) is 0.176. The molecule has 4 rings (SSSR count). The molecular weight excluding hydrogens is 588 g/mol. The number of nitrogens with two attached hydrogens (primary N) is 1. The summed E-state index contributed by atoms with van der Waals surface area (Å²) in [5.74, 6) is -1.51. The Labute approximate surface area is 261 Å². The number of nitrogens with one attached hydrogen (secondary N) is 2. The Morgan fingerprint density at radius 1 is 0.733 bits per heavy atom. The van der Waals surface area contributed by atoms with Gasteiger partial charge >= 0.3 is 0 Å². The molecule has 1 fully saturated rings. The van der Waals surface area contributed by atoms with Gasteiger partial charge in [-0.3, -0.25) is 29.4 Å². The van der Waals surface area contributed by atoms with Crippen LogP contribution in [-0.2, 0) is 33.3 Å². The summed E-state index contributed by atoms with van der Waals surface area (Å²) in [5, 5.41) is 5.32. The molecule has 2 aliphatic heterocycles. The Hall–Kier alpha value is -4.08. The van der Waals surface area contributed by atoms with Crippen LogP contribution in [0.5, 0.6) is 5.75 Å². The van der Waals surface area contributed by atoms with E-state index in [2.05, 4.69) is 10.6 Å². The smallest absolute Gasteiger partial charge is 0.264 e. The SMILES string of the molecule is Nc1ccccc1OCCOCCOCCOCCOCCOCCNc1cccc2c1C(=O)N(C1CCC(=O)NC1=O)C2=O. The van der Waals surface area contributed by atoms with Crippen LogP contribution in [0, 0.1) is 0 Å². The zero-order valence-corrected chi connectivity index (χ0v) is 25.1.